The first-order chi connectivity index (χ1) is 10.1. The maximum absolute atomic E-state index is 12.3. The molecule has 1 heterocycles. The Morgan fingerprint density at radius 1 is 1.14 bits per heavy atom. The van der Waals surface area contributed by atoms with Gasteiger partial charge in [-0.15, -0.1) is 0 Å². The number of hydrogen-bond acceptors (Lipinski definition) is 2. The van der Waals surface area contributed by atoms with Gasteiger partial charge in [0, 0.05) is 18.3 Å². The second-order valence-corrected chi connectivity index (χ2v) is 6.86. The van der Waals surface area contributed by atoms with Gasteiger partial charge in [0.05, 0.1) is 0 Å². The van der Waals surface area contributed by atoms with Crippen molar-refractivity contribution in [1.82, 2.24) is 5.32 Å². The largest absolute Gasteiger partial charge is 0.296 e. The molecule has 3 nitrogen and oxygen atoms in total. The summed E-state index contributed by atoms with van der Waals surface area (Å²) >= 11 is 0. The van der Waals surface area contributed by atoms with Crippen molar-refractivity contribution in [3.8, 4) is 0 Å². The fourth-order valence-corrected chi connectivity index (χ4v) is 3.53. The third-order valence-electron chi connectivity index (χ3n) is 4.63. The monoisotopic (exact) mass is 285 g/mol. The van der Waals surface area contributed by atoms with E-state index in [1.807, 2.05) is 6.07 Å². The second kappa shape index (κ2) is 5.63. The molecule has 1 aromatic rings. The maximum Gasteiger partial charge on any atom is 0.230 e. The van der Waals surface area contributed by atoms with E-state index in [9.17, 15) is 9.59 Å². The average molecular weight is 285 g/mol. The first-order valence-corrected chi connectivity index (χ1v) is 7.98. The van der Waals surface area contributed by atoms with Crippen LogP contribution in [0.5, 0.6) is 0 Å². The van der Waals surface area contributed by atoms with Crippen LogP contribution in [-0.2, 0) is 9.59 Å². The van der Waals surface area contributed by atoms with Gasteiger partial charge in [-0.05, 0) is 42.2 Å². The Labute approximate surface area is 126 Å². The molecule has 2 atom stereocenters. The third kappa shape index (κ3) is 3.02. The van der Waals surface area contributed by atoms with Crippen molar-refractivity contribution in [3.05, 3.63) is 35.4 Å². The van der Waals surface area contributed by atoms with Crippen molar-refractivity contribution >= 4 is 11.8 Å². The van der Waals surface area contributed by atoms with Gasteiger partial charge >= 0.3 is 0 Å². The zero-order valence-electron chi connectivity index (χ0n) is 12.8. The van der Waals surface area contributed by atoms with E-state index in [1.165, 1.54) is 24.0 Å². The normalized spacial score (nSPS) is 26.0. The number of benzene rings is 1. The molecule has 0 spiro atoms. The predicted molar refractivity (Wildman–Crippen MR) is 81.9 cm³/mol. The van der Waals surface area contributed by atoms with E-state index in [4.69, 9.17) is 0 Å². The summed E-state index contributed by atoms with van der Waals surface area (Å²) < 4.78 is 0. The van der Waals surface area contributed by atoms with Crippen LogP contribution in [0.15, 0.2) is 24.3 Å². The molecular formula is C18H23NO2. The molecule has 1 saturated heterocycles. The Morgan fingerprint density at radius 2 is 1.81 bits per heavy atom. The number of rotatable bonds is 4. The number of amides is 2. The van der Waals surface area contributed by atoms with Gasteiger partial charge in [-0.2, -0.15) is 0 Å². The summed E-state index contributed by atoms with van der Waals surface area (Å²) in [4.78, 5) is 24.1. The first kappa shape index (κ1) is 14.3. The molecule has 1 aliphatic heterocycles. The summed E-state index contributed by atoms with van der Waals surface area (Å²) in [6, 6.07) is 8.40. The Morgan fingerprint density at radius 3 is 2.43 bits per heavy atom. The molecular weight excluding hydrogens is 262 g/mol. The molecule has 1 aromatic carbocycles. The van der Waals surface area contributed by atoms with Crippen molar-refractivity contribution in [2.75, 3.05) is 0 Å². The highest BCUT2D eigenvalue weighted by Gasteiger charge is 2.39. The highest BCUT2D eigenvalue weighted by atomic mass is 16.2. The summed E-state index contributed by atoms with van der Waals surface area (Å²) in [6.07, 6.45) is 3.74. The number of hydrogen-bond donors (Lipinski definition) is 1. The molecule has 2 amide bonds. The predicted octanol–water partition coefficient (Wildman–Crippen LogP) is 3.36. The minimum Gasteiger partial charge on any atom is -0.296 e. The number of nitrogens with one attached hydrogen (secondary N) is 1. The van der Waals surface area contributed by atoms with Crippen LogP contribution in [-0.4, -0.2) is 11.8 Å². The quantitative estimate of drug-likeness (QED) is 0.862. The Kier molecular flexibility index (Phi) is 3.83. The van der Waals surface area contributed by atoms with Crippen LogP contribution in [0, 0.1) is 11.8 Å². The highest BCUT2D eigenvalue weighted by Crippen LogP contribution is 2.46. The molecule has 3 rings (SSSR count). The molecule has 1 aliphatic carbocycles. The summed E-state index contributed by atoms with van der Waals surface area (Å²) in [7, 11) is 0. The minimum atomic E-state index is -0.129. The molecule has 3 heteroatoms. The van der Waals surface area contributed by atoms with E-state index in [1.54, 1.807) is 0 Å². The lowest BCUT2D eigenvalue weighted by atomic mass is 9.74. The molecule has 21 heavy (non-hydrogen) atoms. The zero-order valence-corrected chi connectivity index (χ0v) is 12.8. The zero-order chi connectivity index (χ0) is 15.0. The number of imide groups is 1. The molecule has 2 aliphatic rings. The van der Waals surface area contributed by atoms with Crippen molar-refractivity contribution in [2.45, 2.75) is 51.4 Å². The molecule has 2 unspecified atom stereocenters. The molecule has 0 aromatic heterocycles. The van der Waals surface area contributed by atoms with Crippen LogP contribution < -0.4 is 5.32 Å². The lowest BCUT2D eigenvalue weighted by Crippen LogP contribution is -2.45. The second-order valence-electron chi connectivity index (χ2n) is 6.86. The topological polar surface area (TPSA) is 46.2 Å². The summed E-state index contributed by atoms with van der Waals surface area (Å²) in [5, 5.41) is 2.52. The highest BCUT2D eigenvalue weighted by molar-refractivity contribution is 5.99. The van der Waals surface area contributed by atoms with Crippen molar-refractivity contribution in [3.63, 3.8) is 0 Å². The van der Waals surface area contributed by atoms with Crippen LogP contribution in [0.1, 0.15) is 62.5 Å². The fraction of sp³-hybridized carbons (Fsp3) is 0.556. The lowest BCUT2D eigenvalue weighted by molar-refractivity contribution is -0.137. The summed E-state index contributed by atoms with van der Waals surface area (Å²) in [6.45, 7) is 4.27. The first-order valence-electron chi connectivity index (χ1n) is 7.98. The van der Waals surface area contributed by atoms with Crippen molar-refractivity contribution in [1.29, 1.82) is 0 Å². The summed E-state index contributed by atoms with van der Waals surface area (Å²) in [5.41, 5.74) is 2.59. The Hall–Kier alpha value is -1.64. The molecule has 0 radical (unpaired) electrons. The standard InChI is InChI=1S/C18H23NO2/c1-11(2)9-16-15(10-17(20)19-18(16)21)14-6-4-3-5-13(14)12-7-8-12/h3-6,11-12,15-16H,7-10H2,1-2H3,(H,19,20,21). The molecule has 1 saturated carbocycles. The SMILES string of the molecule is CC(C)CC1C(=O)NC(=O)CC1c1ccccc1C1CC1. The van der Waals surface area contributed by atoms with E-state index >= 15 is 0 Å². The number of carbonyl (C=O) groups excluding carboxylic acids is 2. The Balaban J connectivity index is 1.96. The van der Waals surface area contributed by atoms with Gasteiger partial charge in [0.25, 0.3) is 0 Å². The van der Waals surface area contributed by atoms with Gasteiger partial charge in [-0.1, -0.05) is 38.1 Å². The van der Waals surface area contributed by atoms with Crippen molar-refractivity contribution in [2.24, 2.45) is 11.8 Å². The van der Waals surface area contributed by atoms with Crippen molar-refractivity contribution < 1.29 is 9.59 Å². The van der Waals surface area contributed by atoms with Gasteiger partial charge in [-0.25, -0.2) is 0 Å². The van der Waals surface area contributed by atoms with Gasteiger partial charge in [0.1, 0.15) is 0 Å². The van der Waals surface area contributed by atoms with Gasteiger partial charge < -0.3 is 0 Å². The fourth-order valence-electron chi connectivity index (χ4n) is 3.53. The number of carbonyl (C=O) groups is 2. The van der Waals surface area contributed by atoms with Gasteiger partial charge in [0.2, 0.25) is 11.8 Å². The molecule has 0 bridgehead atoms. The number of piperidine rings is 1. The van der Waals surface area contributed by atoms with Crippen LogP contribution in [0.25, 0.3) is 0 Å². The van der Waals surface area contributed by atoms with Crippen LogP contribution in [0.2, 0.25) is 0 Å². The third-order valence-corrected chi connectivity index (χ3v) is 4.63. The Bertz CT molecular complexity index is 560. The van der Waals surface area contributed by atoms with Gasteiger partial charge in [-0.3, -0.25) is 14.9 Å². The van der Waals surface area contributed by atoms with Gasteiger partial charge in [0.15, 0.2) is 0 Å². The summed E-state index contributed by atoms with van der Waals surface area (Å²) in [5.74, 6) is 0.838. The lowest BCUT2D eigenvalue weighted by Gasteiger charge is -2.32. The average Bonchev–Trinajstić information content (AvgIpc) is 3.26. The smallest absolute Gasteiger partial charge is 0.230 e. The van der Waals surface area contributed by atoms with E-state index < -0.39 is 0 Å². The minimum absolute atomic E-state index is 0.0467. The van der Waals surface area contributed by atoms with E-state index in [-0.39, 0.29) is 23.7 Å². The molecule has 2 fully saturated rings. The molecule has 1 N–H and O–H groups in total. The van der Waals surface area contributed by atoms with Crippen LogP contribution >= 0.6 is 0 Å². The van der Waals surface area contributed by atoms with E-state index in [0.29, 0.717) is 18.3 Å². The van der Waals surface area contributed by atoms with Crippen LogP contribution in [0.4, 0.5) is 0 Å². The maximum atomic E-state index is 12.3. The molecule has 112 valence electrons. The van der Waals surface area contributed by atoms with Crippen LogP contribution in [0.3, 0.4) is 0 Å². The van der Waals surface area contributed by atoms with E-state index in [0.717, 1.165) is 6.42 Å². The van der Waals surface area contributed by atoms with E-state index in [2.05, 4.69) is 37.4 Å².